The summed E-state index contributed by atoms with van der Waals surface area (Å²) in [6.07, 6.45) is 0.672. The van der Waals surface area contributed by atoms with Crippen LogP contribution in [0.25, 0.3) is 0 Å². The van der Waals surface area contributed by atoms with Crippen LogP contribution in [0.15, 0.2) is 12.1 Å². The first-order chi connectivity index (χ1) is 7.07. The van der Waals surface area contributed by atoms with Gasteiger partial charge in [0.15, 0.2) is 17.4 Å². The molecule has 0 saturated carbocycles. The van der Waals surface area contributed by atoms with Gasteiger partial charge in [0.05, 0.1) is 6.61 Å². The number of halogens is 2. The monoisotopic (exact) mass is 216 g/mol. The summed E-state index contributed by atoms with van der Waals surface area (Å²) in [6.45, 7) is 2.11. The molecule has 3 nitrogen and oxygen atoms in total. The van der Waals surface area contributed by atoms with Crippen LogP contribution in [0, 0.1) is 11.6 Å². The summed E-state index contributed by atoms with van der Waals surface area (Å²) >= 11 is 0. The molecule has 0 fully saturated rings. The maximum Gasteiger partial charge on any atom is 0.491 e. The fourth-order valence-electron chi connectivity index (χ4n) is 1.07. The van der Waals surface area contributed by atoms with Crippen molar-refractivity contribution in [3.8, 4) is 5.75 Å². The molecule has 6 heteroatoms. The van der Waals surface area contributed by atoms with Gasteiger partial charge in [-0.3, -0.25) is 0 Å². The summed E-state index contributed by atoms with van der Waals surface area (Å²) in [5, 5.41) is 17.4. The fourth-order valence-corrected chi connectivity index (χ4v) is 1.07. The number of benzene rings is 1. The Balaban J connectivity index is 2.99. The molecule has 1 aromatic rings. The van der Waals surface area contributed by atoms with Gasteiger partial charge in [0.2, 0.25) is 0 Å². The van der Waals surface area contributed by atoms with Gasteiger partial charge in [-0.05, 0) is 12.5 Å². The summed E-state index contributed by atoms with van der Waals surface area (Å²) < 4.78 is 31.3. The summed E-state index contributed by atoms with van der Waals surface area (Å²) in [7, 11) is -2.03. The van der Waals surface area contributed by atoms with Gasteiger partial charge in [0.1, 0.15) is 0 Å². The Bertz CT molecular complexity index is 344. The van der Waals surface area contributed by atoms with Gasteiger partial charge < -0.3 is 14.8 Å². The van der Waals surface area contributed by atoms with Crippen molar-refractivity contribution < 1.29 is 23.6 Å². The second-order valence-electron chi connectivity index (χ2n) is 3.00. The maximum atomic E-state index is 13.2. The third-order valence-electron chi connectivity index (χ3n) is 1.82. The van der Waals surface area contributed by atoms with E-state index in [0.29, 0.717) is 6.42 Å². The summed E-state index contributed by atoms with van der Waals surface area (Å²) in [6, 6.07) is 2.25. The first-order valence-corrected chi connectivity index (χ1v) is 4.54. The molecule has 0 saturated heterocycles. The number of hydrogen-bond acceptors (Lipinski definition) is 3. The molecule has 15 heavy (non-hydrogen) atoms. The van der Waals surface area contributed by atoms with Crippen molar-refractivity contribution in [3.63, 3.8) is 0 Å². The highest BCUT2D eigenvalue weighted by atomic mass is 19.2. The van der Waals surface area contributed by atoms with E-state index in [2.05, 4.69) is 0 Å². The van der Waals surface area contributed by atoms with E-state index in [-0.39, 0.29) is 12.4 Å². The predicted octanol–water partition coefficient (Wildman–Crippen LogP) is 0.433. The van der Waals surface area contributed by atoms with Crippen LogP contribution in [0.3, 0.4) is 0 Å². The van der Waals surface area contributed by atoms with E-state index in [9.17, 15) is 8.78 Å². The molecule has 0 heterocycles. The van der Waals surface area contributed by atoms with Crippen molar-refractivity contribution in [2.24, 2.45) is 0 Å². The van der Waals surface area contributed by atoms with Crippen LogP contribution >= 0.6 is 0 Å². The SMILES string of the molecule is CCCOc1ccc(B(O)O)c(F)c1F. The largest absolute Gasteiger partial charge is 0.491 e. The highest BCUT2D eigenvalue weighted by molar-refractivity contribution is 6.58. The lowest BCUT2D eigenvalue weighted by molar-refractivity contribution is 0.295. The molecule has 1 rings (SSSR count). The minimum absolute atomic E-state index is 0.223. The molecule has 0 bridgehead atoms. The number of ether oxygens (including phenoxy) is 1. The van der Waals surface area contributed by atoms with Crippen molar-refractivity contribution >= 4 is 12.6 Å². The zero-order chi connectivity index (χ0) is 11.4. The average molecular weight is 216 g/mol. The summed E-state index contributed by atoms with van der Waals surface area (Å²) in [5.74, 6) is -2.72. The normalized spacial score (nSPS) is 10.2. The zero-order valence-corrected chi connectivity index (χ0v) is 8.20. The van der Waals surface area contributed by atoms with E-state index in [1.54, 1.807) is 0 Å². The topological polar surface area (TPSA) is 49.7 Å². The Morgan fingerprint density at radius 3 is 2.47 bits per heavy atom. The van der Waals surface area contributed by atoms with Gasteiger partial charge >= 0.3 is 7.12 Å². The predicted molar refractivity (Wildman–Crippen MR) is 52.0 cm³/mol. The Hall–Kier alpha value is -1.14. The van der Waals surface area contributed by atoms with Gasteiger partial charge in [-0.1, -0.05) is 13.0 Å². The molecule has 0 aliphatic carbocycles. The van der Waals surface area contributed by atoms with Crippen LogP contribution in [0.1, 0.15) is 13.3 Å². The lowest BCUT2D eigenvalue weighted by Gasteiger charge is -2.08. The molecule has 0 atom stereocenters. The molecule has 0 amide bonds. The Labute approximate surface area is 86.5 Å². The standard InChI is InChI=1S/C9H11BF2O3/c1-2-5-15-7-4-3-6(10(13)14)8(11)9(7)12/h3-4,13-14H,2,5H2,1H3. The second-order valence-corrected chi connectivity index (χ2v) is 3.00. The van der Waals surface area contributed by atoms with E-state index in [4.69, 9.17) is 14.8 Å². The third kappa shape index (κ3) is 2.67. The molecule has 82 valence electrons. The van der Waals surface area contributed by atoms with Gasteiger partial charge in [-0.25, -0.2) is 4.39 Å². The fraction of sp³-hybridized carbons (Fsp3) is 0.333. The Morgan fingerprint density at radius 1 is 1.27 bits per heavy atom. The quantitative estimate of drug-likeness (QED) is 0.717. The average Bonchev–Trinajstić information content (AvgIpc) is 2.20. The van der Waals surface area contributed by atoms with Gasteiger partial charge in [0, 0.05) is 5.46 Å². The number of rotatable bonds is 4. The Kier molecular flexibility index (Phi) is 4.05. The number of hydrogen-bond donors (Lipinski definition) is 2. The van der Waals surface area contributed by atoms with Crippen molar-refractivity contribution in [1.82, 2.24) is 0 Å². The van der Waals surface area contributed by atoms with Crippen molar-refractivity contribution in [1.29, 1.82) is 0 Å². The molecule has 0 radical (unpaired) electrons. The Morgan fingerprint density at radius 2 is 1.93 bits per heavy atom. The van der Waals surface area contributed by atoms with Crippen LogP contribution in [0.4, 0.5) is 8.78 Å². The lowest BCUT2D eigenvalue weighted by Crippen LogP contribution is -2.33. The lowest BCUT2D eigenvalue weighted by atomic mass is 9.80. The maximum absolute atomic E-state index is 13.2. The van der Waals surface area contributed by atoms with Crippen LogP contribution in [-0.2, 0) is 0 Å². The summed E-state index contributed by atoms with van der Waals surface area (Å²) in [5.41, 5.74) is -0.503. The first kappa shape index (κ1) is 11.9. The van der Waals surface area contributed by atoms with Crippen molar-refractivity contribution in [2.45, 2.75) is 13.3 Å². The summed E-state index contributed by atoms with van der Waals surface area (Å²) in [4.78, 5) is 0. The van der Waals surface area contributed by atoms with Crippen LogP contribution < -0.4 is 10.2 Å². The molecule has 0 aliphatic rings. The smallest absolute Gasteiger partial charge is 0.490 e. The molecular formula is C9H11BF2O3. The molecular weight excluding hydrogens is 205 g/mol. The van der Waals surface area contributed by atoms with Crippen LogP contribution in [-0.4, -0.2) is 23.8 Å². The highest BCUT2D eigenvalue weighted by Crippen LogP contribution is 2.18. The van der Waals surface area contributed by atoms with E-state index in [0.717, 1.165) is 6.07 Å². The second kappa shape index (κ2) is 5.09. The minimum atomic E-state index is -2.03. The van der Waals surface area contributed by atoms with E-state index >= 15 is 0 Å². The first-order valence-electron chi connectivity index (χ1n) is 4.54. The van der Waals surface area contributed by atoms with Crippen molar-refractivity contribution in [2.75, 3.05) is 6.61 Å². The third-order valence-corrected chi connectivity index (χ3v) is 1.82. The van der Waals surface area contributed by atoms with Gasteiger partial charge in [-0.15, -0.1) is 0 Å². The van der Waals surface area contributed by atoms with Crippen LogP contribution in [0.2, 0.25) is 0 Å². The van der Waals surface area contributed by atoms with Gasteiger partial charge in [-0.2, -0.15) is 4.39 Å². The molecule has 0 spiro atoms. The highest BCUT2D eigenvalue weighted by Gasteiger charge is 2.22. The van der Waals surface area contributed by atoms with E-state index < -0.39 is 24.2 Å². The molecule has 0 unspecified atom stereocenters. The van der Waals surface area contributed by atoms with Crippen LogP contribution in [0.5, 0.6) is 5.75 Å². The molecule has 1 aromatic carbocycles. The van der Waals surface area contributed by atoms with Gasteiger partial charge in [0.25, 0.3) is 0 Å². The molecule has 2 N–H and O–H groups in total. The van der Waals surface area contributed by atoms with Crippen molar-refractivity contribution in [3.05, 3.63) is 23.8 Å². The van der Waals surface area contributed by atoms with E-state index in [1.807, 2.05) is 6.92 Å². The zero-order valence-electron chi connectivity index (χ0n) is 8.20. The molecule has 0 aromatic heterocycles. The van der Waals surface area contributed by atoms with E-state index in [1.165, 1.54) is 6.07 Å². The minimum Gasteiger partial charge on any atom is -0.490 e. The molecule has 0 aliphatic heterocycles.